The van der Waals surface area contributed by atoms with Crippen molar-refractivity contribution in [2.45, 2.75) is 72.5 Å². The lowest BCUT2D eigenvalue weighted by atomic mass is 10.1. The topological polar surface area (TPSA) is 24.5 Å². The minimum atomic E-state index is 0.214. The third-order valence-corrected chi connectivity index (χ3v) is 2.94. The molecular weight excluding hydrogens is 224 g/mol. The summed E-state index contributed by atoms with van der Waals surface area (Å²) >= 11 is 0. The molecule has 0 aromatic heterocycles. The number of rotatable bonds is 9. The van der Waals surface area contributed by atoms with Crippen molar-refractivity contribution in [2.24, 2.45) is 0 Å². The fourth-order valence-electron chi connectivity index (χ4n) is 2.02. The van der Waals surface area contributed by atoms with E-state index in [4.69, 9.17) is 4.74 Å². The monoisotopic (exact) mass is 258 g/mol. The summed E-state index contributed by atoms with van der Waals surface area (Å²) in [6.07, 6.45) is 1.08. The second-order valence-corrected chi connectivity index (χ2v) is 6.57. The maximum absolute atomic E-state index is 5.70. The summed E-state index contributed by atoms with van der Waals surface area (Å²) in [6, 6.07) is 1.19. The number of hydrogen-bond donors (Lipinski definition) is 1. The third-order valence-electron chi connectivity index (χ3n) is 2.94. The van der Waals surface area contributed by atoms with Gasteiger partial charge in [-0.2, -0.15) is 0 Å². The molecule has 0 aliphatic heterocycles. The first-order valence-corrected chi connectivity index (χ1v) is 7.32. The molecule has 0 bridgehead atoms. The van der Waals surface area contributed by atoms with Gasteiger partial charge in [0.1, 0.15) is 0 Å². The summed E-state index contributed by atoms with van der Waals surface area (Å²) in [4.78, 5) is 2.47. The smallest absolute Gasteiger partial charge is 0.0593 e. The molecule has 0 aromatic carbocycles. The minimum Gasteiger partial charge on any atom is -0.380 e. The molecule has 0 heterocycles. The van der Waals surface area contributed by atoms with Crippen molar-refractivity contribution in [3.63, 3.8) is 0 Å². The predicted octanol–water partition coefficient (Wildman–Crippen LogP) is 2.90. The van der Waals surface area contributed by atoms with Crippen LogP contribution >= 0.6 is 0 Å². The molecule has 0 fully saturated rings. The predicted molar refractivity (Wildman–Crippen MR) is 80.2 cm³/mol. The number of ether oxygens (including phenoxy) is 1. The largest absolute Gasteiger partial charge is 0.380 e. The van der Waals surface area contributed by atoms with E-state index in [2.05, 4.69) is 58.7 Å². The van der Waals surface area contributed by atoms with Crippen molar-refractivity contribution in [2.75, 3.05) is 26.3 Å². The summed E-state index contributed by atoms with van der Waals surface area (Å²) in [7, 11) is 0. The molecule has 0 radical (unpaired) electrons. The first-order chi connectivity index (χ1) is 8.24. The highest BCUT2D eigenvalue weighted by Crippen LogP contribution is 2.04. The summed E-state index contributed by atoms with van der Waals surface area (Å²) in [5.74, 6) is 0. The van der Waals surface area contributed by atoms with E-state index in [1.165, 1.54) is 0 Å². The van der Waals surface area contributed by atoms with Crippen molar-refractivity contribution in [3.8, 4) is 0 Å². The molecule has 1 N–H and O–H groups in total. The average Bonchev–Trinajstić information content (AvgIpc) is 2.19. The number of nitrogens with one attached hydrogen (secondary N) is 1. The Kier molecular flexibility index (Phi) is 8.83. The second kappa shape index (κ2) is 8.89. The third kappa shape index (κ3) is 9.86. The zero-order valence-electron chi connectivity index (χ0n) is 13.5. The molecule has 0 atom stereocenters. The van der Waals surface area contributed by atoms with Crippen LogP contribution in [0.4, 0.5) is 0 Å². The van der Waals surface area contributed by atoms with Crippen LogP contribution in [0.15, 0.2) is 0 Å². The van der Waals surface area contributed by atoms with Gasteiger partial charge in [-0.05, 0) is 61.4 Å². The normalized spacial score (nSPS) is 13.0. The van der Waals surface area contributed by atoms with Gasteiger partial charge in [0.15, 0.2) is 0 Å². The van der Waals surface area contributed by atoms with E-state index in [-0.39, 0.29) is 5.54 Å². The summed E-state index contributed by atoms with van der Waals surface area (Å²) in [5.41, 5.74) is 0.214. The molecule has 0 saturated heterocycles. The van der Waals surface area contributed by atoms with Crippen molar-refractivity contribution < 1.29 is 4.74 Å². The van der Waals surface area contributed by atoms with Crippen LogP contribution in [0.2, 0.25) is 0 Å². The molecule has 110 valence electrons. The Bertz CT molecular complexity index is 189. The van der Waals surface area contributed by atoms with Crippen LogP contribution in [-0.4, -0.2) is 48.8 Å². The first kappa shape index (κ1) is 17.9. The van der Waals surface area contributed by atoms with Crippen molar-refractivity contribution in [1.82, 2.24) is 10.2 Å². The zero-order chi connectivity index (χ0) is 14.2. The lowest BCUT2D eigenvalue weighted by Gasteiger charge is -2.30. The molecule has 0 saturated carbocycles. The van der Waals surface area contributed by atoms with Crippen molar-refractivity contribution in [1.29, 1.82) is 0 Å². The van der Waals surface area contributed by atoms with Crippen LogP contribution in [0.1, 0.15) is 54.9 Å². The van der Waals surface area contributed by atoms with Crippen LogP contribution in [-0.2, 0) is 4.74 Å². The van der Waals surface area contributed by atoms with Gasteiger partial charge in [-0.25, -0.2) is 0 Å². The Labute approximate surface area is 114 Å². The van der Waals surface area contributed by atoms with Gasteiger partial charge in [-0.3, -0.25) is 4.90 Å². The van der Waals surface area contributed by atoms with E-state index in [1.807, 2.05) is 0 Å². The molecule has 0 aliphatic rings. The van der Waals surface area contributed by atoms with Gasteiger partial charge in [0.25, 0.3) is 0 Å². The van der Waals surface area contributed by atoms with Crippen molar-refractivity contribution in [3.05, 3.63) is 0 Å². The molecule has 0 amide bonds. The zero-order valence-corrected chi connectivity index (χ0v) is 13.5. The van der Waals surface area contributed by atoms with E-state index in [0.717, 1.165) is 32.7 Å². The Hall–Kier alpha value is -0.120. The maximum atomic E-state index is 5.70. The van der Waals surface area contributed by atoms with Crippen LogP contribution in [0, 0.1) is 0 Å². The highest BCUT2D eigenvalue weighted by Gasteiger charge is 2.12. The van der Waals surface area contributed by atoms with Gasteiger partial charge in [0, 0.05) is 30.8 Å². The fraction of sp³-hybridized carbons (Fsp3) is 1.00. The molecule has 0 rings (SSSR count). The molecule has 3 nitrogen and oxygen atoms in total. The van der Waals surface area contributed by atoms with Crippen LogP contribution in [0.5, 0.6) is 0 Å². The lowest BCUT2D eigenvalue weighted by molar-refractivity contribution is 0.0768. The van der Waals surface area contributed by atoms with Gasteiger partial charge >= 0.3 is 0 Å². The summed E-state index contributed by atoms with van der Waals surface area (Å²) in [6.45, 7) is 19.3. The van der Waals surface area contributed by atoms with Gasteiger partial charge in [0.05, 0.1) is 6.61 Å². The van der Waals surface area contributed by atoms with Crippen LogP contribution in [0.25, 0.3) is 0 Å². The molecule has 0 unspecified atom stereocenters. The minimum absolute atomic E-state index is 0.214. The highest BCUT2D eigenvalue weighted by molar-refractivity contribution is 4.69. The Morgan fingerprint density at radius 3 is 2.00 bits per heavy atom. The van der Waals surface area contributed by atoms with E-state index >= 15 is 0 Å². The Morgan fingerprint density at radius 2 is 1.56 bits per heavy atom. The van der Waals surface area contributed by atoms with E-state index in [9.17, 15) is 0 Å². The second-order valence-electron chi connectivity index (χ2n) is 6.57. The Morgan fingerprint density at radius 1 is 1.00 bits per heavy atom. The lowest BCUT2D eigenvalue weighted by Crippen LogP contribution is -2.39. The van der Waals surface area contributed by atoms with Gasteiger partial charge in [-0.1, -0.05) is 0 Å². The van der Waals surface area contributed by atoms with Gasteiger partial charge in [-0.15, -0.1) is 0 Å². The fourth-order valence-corrected chi connectivity index (χ4v) is 2.02. The van der Waals surface area contributed by atoms with E-state index < -0.39 is 0 Å². The standard InChI is InChI=1S/C15H34N2O/c1-13(2)17(14(3)4)10-12-18-11-8-9-16-15(5,6)7/h13-14,16H,8-12H2,1-7H3. The highest BCUT2D eigenvalue weighted by atomic mass is 16.5. The quantitative estimate of drug-likeness (QED) is 0.644. The molecule has 18 heavy (non-hydrogen) atoms. The molecular formula is C15H34N2O. The van der Waals surface area contributed by atoms with E-state index in [0.29, 0.717) is 12.1 Å². The number of nitrogens with zero attached hydrogens (tertiary/aromatic N) is 1. The van der Waals surface area contributed by atoms with Gasteiger partial charge < -0.3 is 10.1 Å². The molecule has 0 aromatic rings. The molecule has 0 spiro atoms. The Balaban J connectivity index is 3.50. The average molecular weight is 258 g/mol. The summed E-state index contributed by atoms with van der Waals surface area (Å²) in [5, 5.41) is 3.47. The number of hydrogen-bond acceptors (Lipinski definition) is 3. The first-order valence-electron chi connectivity index (χ1n) is 7.32. The molecule has 3 heteroatoms. The summed E-state index contributed by atoms with van der Waals surface area (Å²) < 4.78 is 5.70. The SMILES string of the molecule is CC(C)N(CCOCCCNC(C)(C)C)C(C)C. The van der Waals surface area contributed by atoms with Crippen LogP contribution < -0.4 is 5.32 Å². The van der Waals surface area contributed by atoms with Gasteiger partial charge in [0.2, 0.25) is 0 Å². The van der Waals surface area contributed by atoms with Crippen LogP contribution in [0.3, 0.4) is 0 Å². The van der Waals surface area contributed by atoms with Crippen molar-refractivity contribution >= 4 is 0 Å². The maximum Gasteiger partial charge on any atom is 0.0593 e. The molecule has 0 aliphatic carbocycles. The van der Waals surface area contributed by atoms with E-state index in [1.54, 1.807) is 0 Å².